The third kappa shape index (κ3) is 8.84. The average molecular weight is 621 g/mol. The van der Waals surface area contributed by atoms with Crippen LogP contribution in [0.25, 0.3) is 0 Å². The molecule has 0 spiro atoms. The van der Waals surface area contributed by atoms with Gasteiger partial charge in [-0.1, -0.05) is 24.6 Å². The molecule has 3 aromatic carbocycles. The van der Waals surface area contributed by atoms with E-state index in [2.05, 4.69) is 21.6 Å². The zero-order chi connectivity index (χ0) is 32.4. The van der Waals surface area contributed by atoms with Crippen LogP contribution < -0.4 is 15.0 Å². The molecule has 0 saturated heterocycles. The lowest BCUT2D eigenvalue weighted by atomic mass is 10.1. The number of hydrogen-bond acceptors (Lipinski definition) is 10. The van der Waals surface area contributed by atoms with Gasteiger partial charge in [0.2, 0.25) is 5.91 Å². The molecule has 1 amide bonds. The zero-order valence-corrected chi connectivity index (χ0v) is 26.2. The molecule has 232 valence electrons. The summed E-state index contributed by atoms with van der Waals surface area (Å²) in [5, 5.41) is 31.6. The minimum absolute atomic E-state index is 0.0861. The monoisotopic (exact) mass is 620 g/mol. The minimum Gasteiger partial charge on any atom is -0.492 e. The third-order valence-corrected chi connectivity index (χ3v) is 8.06. The van der Waals surface area contributed by atoms with E-state index >= 15 is 0 Å². The molecule has 1 unspecified atom stereocenters. The van der Waals surface area contributed by atoms with Gasteiger partial charge >= 0.3 is 0 Å². The molecule has 0 bridgehead atoms. The second-order valence-electron chi connectivity index (χ2n) is 10.2. The maximum absolute atomic E-state index is 13.5. The molecule has 1 N–H and O–H groups in total. The van der Waals surface area contributed by atoms with E-state index in [0.29, 0.717) is 37.4 Å². The van der Waals surface area contributed by atoms with Gasteiger partial charge in [0, 0.05) is 37.2 Å². The van der Waals surface area contributed by atoms with Gasteiger partial charge in [0.1, 0.15) is 22.0 Å². The fourth-order valence-electron chi connectivity index (χ4n) is 4.43. The smallest absolute Gasteiger partial charge is 0.270 e. The first-order valence-corrected chi connectivity index (χ1v) is 15.9. The topological polar surface area (TPSA) is 167 Å². The lowest BCUT2D eigenvalue weighted by molar-refractivity contribution is -0.385. The van der Waals surface area contributed by atoms with Gasteiger partial charge in [0.25, 0.3) is 5.69 Å². The van der Waals surface area contributed by atoms with E-state index in [4.69, 9.17) is 10.00 Å². The quantitative estimate of drug-likeness (QED) is 0.116. The number of anilines is 2. The number of ether oxygens (including phenoxy) is 1. The van der Waals surface area contributed by atoms with Crippen molar-refractivity contribution in [3.05, 3.63) is 75.8 Å². The summed E-state index contributed by atoms with van der Waals surface area (Å²) in [5.41, 5.74) is 2.88. The zero-order valence-electron chi connectivity index (χ0n) is 25.4. The van der Waals surface area contributed by atoms with Crippen molar-refractivity contribution in [1.82, 2.24) is 0 Å². The number of nitrogens with one attached hydrogen (secondary N) is 1. The number of rotatable bonds is 14. The van der Waals surface area contributed by atoms with E-state index in [0.717, 1.165) is 35.2 Å². The van der Waals surface area contributed by atoms with Gasteiger partial charge in [-0.3, -0.25) is 14.9 Å². The molecule has 13 heteroatoms. The van der Waals surface area contributed by atoms with Crippen LogP contribution in [-0.2, 0) is 14.6 Å². The number of sulfone groups is 1. The van der Waals surface area contributed by atoms with Crippen LogP contribution in [-0.4, -0.2) is 45.2 Å². The van der Waals surface area contributed by atoms with Gasteiger partial charge in [0.15, 0.2) is 9.84 Å². The summed E-state index contributed by atoms with van der Waals surface area (Å²) < 4.78 is 30.7. The lowest BCUT2D eigenvalue weighted by Crippen LogP contribution is -2.28. The SMILES string of the molecule is CCC(COc1ccc(C)cc1C)C(=O)Nc1cc(N(CC)CCC#N)ccc1N=Nc1ccc([N+](=O)[O-])cc1S(C)(=O)=O. The van der Waals surface area contributed by atoms with Gasteiger partial charge in [-0.25, -0.2) is 8.42 Å². The number of nitro benzene ring substituents is 1. The highest BCUT2D eigenvalue weighted by atomic mass is 32.2. The Kier molecular flexibility index (Phi) is 11.5. The van der Waals surface area contributed by atoms with Crippen LogP contribution in [0.15, 0.2) is 69.7 Å². The Hall–Kier alpha value is -4.83. The fourth-order valence-corrected chi connectivity index (χ4v) is 5.26. The number of amides is 1. The van der Waals surface area contributed by atoms with Crippen LogP contribution in [0.2, 0.25) is 0 Å². The molecule has 3 rings (SSSR count). The second kappa shape index (κ2) is 15.1. The summed E-state index contributed by atoms with van der Waals surface area (Å²) >= 11 is 0. The average Bonchev–Trinajstić information content (AvgIpc) is 2.97. The van der Waals surface area contributed by atoms with Crippen LogP contribution in [0.4, 0.5) is 28.4 Å². The van der Waals surface area contributed by atoms with E-state index in [-0.39, 0.29) is 28.8 Å². The number of benzene rings is 3. The van der Waals surface area contributed by atoms with Crippen molar-refractivity contribution in [1.29, 1.82) is 5.26 Å². The Morgan fingerprint density at radius 1 is 1.09 bits per heavy atom. The molecule has 3 aromatic rings. The summed E-state index contributed by atoms with van der Waals surface area (Å²) in [4.78, 5) is 25.6. The summed E-state index contributed by atoms with van der Waals surface area (Å²) in [7, 11) is -3.88. The van der Waals surface area contributed by atoms with Crippen molar-refractivity contribution in [3.8, 4) is 11.8 Å². The molecule has 1 atom stereocenters. The second-order valence-corrected chi connectivity index (χ2v) is 12.2. The van der Waals surface area contributed by atoms with Crippen LogP contribution in [0.5, 0.6) is 5.75 Å². The van der Waals surface area contributed by atoms with Crippen LogP contribution in [0.3, 0.4) is 0 Å². The molecule has 44 heavy (non-hydrogen) atoms. The van der Waals surface area contributed by atoms with Gasteiger partial charge in [-0.2, -0.15) is 5.26 Å². The van der Waals surface area contributed by atoms with E-state index in [1.54, 1.807) is 18.2 Å². The molecule has 0 heterocycles. The number of aryl methyl sites for hydroxylation is 2. The van der Waals surface area contributed by atoms with E-state index in [9.17, 15) is 23.3 Å². The van der Waals surface area contributed by atoms with Gasteiger partial charge in [-0.05, 0) is 63.1 Å². The van der Waals surface area contributed by atoms with Crippen molar-refractivity contribution in [3.63, 3.8) is 0 Å². The highest BCUT2D eigenvalue weighted by Crippen LogP contribution is 2.35. The first kappa shape index (κ1) is 33.7. The standard InChI is InChI=1S/C31H36N6O6S/c1-6-23(20-43-29-14-9-21(3)17-22(29)4)31(38)33-28-18-24(36(7-2)16-8-15-32)10-12-26(28)34-35-27-13-11-25(37(39)40)19-30(27)44(5,41)42/h9-14,17-19,23H,6-8,16,20H2,1-5H3,(H,33,38). The molecule has 0 aliphatic carbocycles. The van der Waals surface area contributed by atoms with Crippen LogP contribution >= 0.6 is 0 Å². The number of hydrogen-bond donors (Lipinski definition) is 1. The maximum Gasteiger partial charge on any atom is 0.270 e. The first-order valence-electron chi connectivity index (χ1n) is 14.0. The third-order valence-electron chi connectivity index (χ3n) is 6.93. The Morgan fingerprint density at radius 3 is 2.41 bits per heavy atom. The van der Waals surface area contributed by atoms with Crippen molar-refractivity contribution >= 4 is 44.2 Å². The molecule has 0 aliphatic rings. The Balaban J connectivity index is 1.98. The molecule has 0 aliphatic heterocycles. The molecule has 0 saturated carbocycles. The number of nitro groups is 1. The normalized spacial score (nSPS) is 12.0. The largest absolute Gasteiger partial charge is 0.492 e. The summed E-state index contributed by atoms with van der Waals surface area (Å²) in [6.45, 7) is 8.99. The van der Waals surface area contributed by atoms with Crippen molar-refractivity contribution in [2.45, 2.75) is 45.4 Å². The van der Waals surface area contributed by atoms with E-state index in [1.165, 1.54) is 6.07 Å². The van der Waals surface area contributed by atoms with Crippen molar-refractivity contribution in [2.24, 2.45) is 16.1 Å². The Bertz CT molecular complexity index is 1700. The van der Waals surface area contributed by atoms with Crippen LogP contribution in [0, 0.1) is 41.2 Å². The molecule has 12 nitrogen and oxygen atoms in total. The number of carbonyl (C=O) groups excluding carboxylic acids is 1. The predicted molar refractivity (Wildman–Crippen MR) is 169 cm³/mol. The number of carbonyl (C=O) groups is 1. The van der Waals surface area contributed by atoms with Crippen molar-refractivity contribution < 1.29 is 22.9 Å². The van der Waals surface area contributed by atoms with Crippen molar-refractivity contribution in [2.75, 3.05) is 36.2 Å². The van der Waals surface area contributed by atoms with E-state index < -0.39 is 26.4 Å². The van der Waals surface area contributed by atoms with Crippen LogP contribution in [0.1, 0.15) is 37.8 Å². The Labute approximate surface area is 257 Å². The van der Waals surface area contributed by atoms with Gasteiger partial charge < -0.3 is 15.0 Å². The minimum atomic E-state index is -3.88. The lowest BCUT2D eigenvalue weighted by Gasteiger charge is -2.23. The Morgan fingerprint density at radius 2 is 1.80 bits per heavy atom. The highest BCUT2D eigenvalue weighted by molar-refractivity contribution is 7.90. The maximum atomic E-state index is 13.5. The summed E-state index contributed by atoms with van der Waals surface area (Å²) in [5.74, 6) is -0.117. The van der Waals surface area contributed by atoms with Gasteiger partial charge in [-0.15, -0.1) is 10.2 Å². The first-order chi connectivity index (χ1) is 20.9. The van der Waals surface area contributed by atoms with Gasteiger partial charge in [0.05, 0.1) is 35.6 Å². The number of nitrogens with zero attached hydrogens (tertiary/aromatic N) is 5. The van der Waals surface area contributed by atoms with E-state index in [1.807, 2.05) is 50.8 Å². The number of nitriles is 1. The predicted octanol–water partition coefficient (Wildman–Crippen LogP) is 6.81. The summed E-state index contributed by atoms with van der Waals surface area (Å²) in [6.07, 6.45) is 1.73. The number of non-ortho nitro benzene ring substituents is 1. The summed E-state index contributed by atoms with van der Waals surface area (Å²) in [6, 6.07) is 16.4. The highest BCUT2D eigenvalue weighted by Gasteiger charge is 2.21. The molecule has 0 aromatic heterocycles. The molecule has 0 radical (unpaired) electrons. The molecular weight excluding hydrogens is 584 g/mol. The number of azo groups is 1. The molecular formula is C31H36N6O6S. The fraction of sp³-hybridized carbons (Fsp3) is 0.355. The molecule has 0 fully saturated rings.